The molecule has 0 aliphatic carbocycles. The molecule has 0 unspecified atom stereocenters. The van der Waals surface area contributed by atoms with Gasteiger partial charge in [0, 0.05) is 16.8 Å². The maximum Gasteiger partial charge on any atom is 0.0115 e. The molecule has 0 bridgehead atoms. The van der Waals surface area contributed by atoms with Gasteiger partial charge in [-0.05, 0) is 49.8 Å². The van der Waals surface area contributed by atoms with Crippen molar-refractivity contribution in [2.75, 3.05) is 26.2 Å². The fraction of sp³-hybridized carbons (Fsp3) is 0.714. The Morgan fingerprint density at radius 1 is 1.41 bits per heavy atom. The van der Waals surface area contributed by atoms with Crippen LogP contribution in [0.4, 0.5) is 0 Å². The molecule has 2 nitrogen and oxygen atoms in total. The van der Waals surface area contributed by atoms with Gasteiger partial charge in [0.15, 0.2) is 0 Å². The summed E-state index contributed by atoms with van der Waals surface area (Å²) in [6.07, 6.45) is 2.65. The van der Waals surface area contributed by atoms with E-state index in [-0.39, 0.29) is 5.41 Å². The van der Waals surface area contributed by atoms with Gasteiger partial charge in [0.25, 0.3) is 0 Å². The summed E-state index contributed by atoms with van der Waals surface area (Å²) in [5.41, 5.74) is 0.265. The zero-order valence-electron chi connectivity index (χ0n) is 11.0. The molecule has 0 saturated carbocycles. The molecule has 2 N–H and O–H groups in total. The maximum atomic E-state index is 3.66. The molecule has 1 aliphatic rings. The van der Waals surface area contributed by atoms with Gasteiger partial charge in [-0.1, -0.05) is 19.9 Å². The average molecular weight is 252 g/mol. The van der Waals surface area contributed by atoms with Gasteiger partial charge >= 0.3 is 0 Å². The largest absolute Gasteiger partial charge is 0.317 e. The molecule has 0 amide bonds. The Balaban J connectivity index is 1.74. The van der Waals surface area contributed by atoms with Crippen molar-refractivity contribution in [3.05, 3.63) is 22.4 Å². The predicted octanol–water partition coefficient (Wildman–Crippen LogP) is 2.61. The van der Waals surface area contributed by atoms with Crippen LogP contribution in [0.1, 0.15) is 31.6 Å². The highest BCUT2D eigenvalue weighted by atomic mass is 32.1. The zero-order chi connectivity index (χ0) is 12.1. The quantitative estimate of drug-likeness (QED) is 0.842. The Morgan fingerprint density at radius 2 is 2.18 bits per heavy atom. The molecule has 96 valence electrons. The lowest BCUT2D eigenvalue weighted by atomic mass is 9.91. The molecule has 3 heteroatoms. The van der Waals surface area contributed by atoms with Crippen molar-refractivity contribution in [3.63, 3.8) is 0 Å². The molecular formula is C14H24N2S. The van der Waals surface area contributed by atoms with Crippen LogP contribution in [0.25, 0.3) is 0 Å². The van der Waals surface area contributed by atoms with E-state index in [1.165, 1.54) is 37.4 Å². The fourth-order valence-electron chi connectivity index (χ4n) is 2.43. The molecular weight excluding hydrogens is 228 g/mol. The molecule has 1 fully saturated rings. The summed E-state index contributed by atoms with van der Waals surface area (Å²) >= 11 is 1.87. The third kappa shape index (κ3) is 3.80. The summed E-state index contributed by atoms with van der Waals surface area (Å²) in [5.74, 6) is 0.871. The SMILES string of the molecule is CC(C)(CNCC1CCNCC1)c1cccs1. The van der Waals surface area contributed by atoms with Crippen molar-refractivity contribution in [2.24, 2.45) is 5.92 Å². The first kappa shape index (κ1) is 13.1. The van der Waals surface area contributed by atoms with E-state index in [4.69, 9.17) is 0 Å². The normalized spacial score (nSPS) is 18.5. The number of piperidine rings is 1. The Kier molecular flexibility index (Phi) is 4.60. The van der Waals surface area contributed by atoms with E-state index in [2.05, 4.69) is 42.0 Å². The third-order valence-electron chi connectivity index (χ3n) is 3.65. The van der Waals surface area contributed by atoms with Crippen molar-refractivity contribution in [2.45, 2.75) is 32.1 Å². The molecule has 2 rings (SSSR count). The number of thiophene rings is 1. The lowest BCUT2D eigenvalue weighted by molar-refractivity contribution is 0.343. The molecule has 1 aromatic heterocycles. The predicted molar refractivity (Wildman–Crippen MR) is 75.8 cm³/mol. The number of nitrogens with one attached hydrogen (secondary N) is 2. The van der Waals surface area contributed by atoms with Gasteiger partial charge in [0.2, 0.25) is 0 Å². The second-order valence-corrected chi connectivity index (χ2v) is 6.63. The Hall–Kier alpha value is -0.380. The van der Waals surface area contributed by atoms with Gasteiger partial charge in [0.1, 0.15) is 0 Å². The van der Waals surface area contributed by atoms with E-state index in [1.807, 2.05) is 11.3 Å². The second-order valence-electron chi connectivity index (χ2n) is 5.69. The third-order valence-corrected chi connectivity index (χ3v) is 4.88. The summed E-state index contributed by atoms with van der Waals surface area (Å²) in [7, 11) is 0. The first-order chi connectivity index (χ1) is 8.18. The standard InChI is InChI=1S/C14H24N2S/c1-14(2,13-4-3-9-17-13)11-16-10-12-5-7-15-8-6-12/h3-4,9,12,15-16H,5-8,10-11H2,1-2H3. The fourth-order valence-corrected chi connectivity index (χ4v) is 3.28. The molecule has 1 aromatic rings. The number of hydrogen-bond acceptors (Lipinski definition) is 3. The molecule has 17 heavy (non-hydrogen) atoms. The van der Waals surface area contributed by atoms with Gasteiger partial charge in [-0.2, -0.15) is 0 Å². The summed E-state index contributed by atoms with van der Waals surface area (Å²) in [4.78, 5) is 1.48. The summed E-state index contributed by atoms with van der Waals surface area (Å²) in [6.45, 7) is 9.30. The van der Waals surface area contributed by atoms with Crippen molar-refractivity contribution >= 4 is 11.3 Å². The van der Waals surface area contributed by atoms with Gasteiger partial charge in [-0.3, -0.25) is 0 Å². The van der Waals surface area contributed by atoms with E-state index in [0.717, 1.165) is 12.5 Å². The Labute approximate surface area is 109 Å². The van der Waals surface area contributed by atoms with E-state index in [0.29, 0.717) is 0 Å². The lowest BCUT2D eigenvalue weighted by Crippen LogP contribution is -2.38. The number of rotatable bonds is 5. The highest BCUT2D eigenvalue weighted by Gasteiger charge is 2.22. The van der Waals surface area contributed by atoms with Crippen LogP contribution in [0.15, 0.2) is 17.5 Å². The van der Waals surface area contributed by atoms with Gasteiger partial charge in [-0.15, -0.1) is 11.3 Å². The van der Waals surface area contributed by atoms with Crippen LogP contribution in [-0.2, 0) is 5.41 Å². The Morgan fingerprint density at radius 3 is 2.82 bits per heavy atom. The summed E-state index contributed by atoms with van der Waals surface area (Å²) < 4.78 is 0. The monoisotopic (exact) mass is 252 g/mol. The molecule has 0 radical (unpaired) electrons. The molecule has 1 aliphatic heterocycles. The minimum absolute atomic E-state index is 0.265. The van der Waals surface area contributed by atoms with Crippen LogP contribution in [0.5, 0.6) is 0 Å². The summed E-state index contributed by atoms with van der Waals surface area (Å²) in [6, 6.07) is 4.39. The highest BCUT2D eigenvalue weighted by Crippen LogP contribution is 2.26. The first-order valence-electron chi connectivity index (χ1n) is 6.64. The highest BCUT2D eigenvalue weighted by molar-refractivity contribution is 7.10. The van der Waals surface area contributed by atoms with E-state index < -0.39 is 0 Å². The molecule has 0 spiro atoms. The second kappa shape index (κ2) is 5.98. The molecule has 0 aromatic carbocycles. The minimum atomic E-state index is 0.265. The van der Waals surface area contributed by atoms with Gasteiger partial charge < -0.3 is 10.6 Å². The molecule has 0 atom stereocenters. The number of hydrogen-bond donors (Lipinski definition) is 2. The van der Waals surface area contributed by atoms with E-state index in [9.17, 15) is 0 Å². The van der Waals surface area contributed by atoms with Crippen LogP contribution in [0, 0.1) is 5.92 Å². The van der Waals surface area contributed by atoms with Crippen molar-refractivity contribution in [3.8, 4) is 0 Å². The van der Waals surface area contributed by atoms with Crippen LogP contribution in [-0.4, -0.2) is 26.2 Å². The van der Waals surface area contributed by atoms with Crippen LogP contribution < -0.4 is 10.6 Å². The average Bonchev–Trinajstić information content (AvgIpc) is 2.84. The smallest absolute Gasteiger partial charge is 0.0115 e. The van der Waals surface area contributed by atoms with E-state index in [1.54, 1.807) is 0 Å². The molecule has 2 heterocycles. The van der Waals surface area contributed by atoms with Gasteiger partial charge in [-0.25, -0.2) is 0 Å². The van der Waals surface area contributed by atoms with Crippen LogP contribution in [0.2, 0.25) is 0 Å². The van der Waals surface area contributed by atoms with Crippen LogP contribution >= 0.6 is 11.3 Å². The summed E-state index contributed by atoms with van der Waals surface area (Å²) in [5, 5.41) is 9.25. The van der Waals surface area contributed by atoms with Crippen molar-refractivity contribution in [1.29, 1.82) is 0 Å². The first-order valence-corrected chi connectivity index (χ1v) is 7.52. The minimum Gasteiger partial charge on any atom is -0.317 e. The topological polar surface area (TPSA) is 24.1 Å². The Bertz CT molecular complexity index is 313. The van der Waals surface area contributed by atoms with Crippen LogP contribution in [0.3, 0.4) is 0 Å². The molecule has 1 saturated heterocycles. The lowest BCUT2D eigenvalue weighted by Gasteiger charge is -2.27. The maximum absolute atomic E-state index is 3.66. The van der Waals surface area contributed by atoms with E-state index >= 15 is 0 Å². The van der Waals surface area contributed by atoms with Crippen molar-refractivity contribution < 1.29 is 0 Å². The van der Waals surface area contributed by atoms with Gasteiger partial charge in [0.05, 0.1) is 0 Å². The zero-order valence-corrected chi connectivity index (χ0v) is 11.8. The van der Waals surface area contributed by atoms with Crippen molar-refractivity contribution in [1.82, 2.24) is 10.6 Å².